The van der Waals surface area contributed by atoms with Gasteiger partial charge in [-0.1, -0.05) is 6.07 Å². The fourth-order valence-electron chi connectivity index (χ4n) is 1.10. The molecule has 0 aliphatic heterocycles. The smallest absolute Gasteiger partial charge is 0.139 e. The summed E-state index contributed by atoms with van der Waals surface area (Å²) < 4.78 is 0. The van der Waals surface area contributed by atoms with E-state index in [9.17, 15) is 5.11 Å². The third-order valence-corrected chi connectivity index (χ3v) is 2.55. The van der Waals surface area contributed by atoms with Crippen LogP contribution < -0.4 is 5.73 Å². The molecular weight excluding hydrogens is 184 g/mol. The van der Waals surface area contributed by atoms with Gasteiger partial charge in [-0.15, -0.1) is 11.3 Å². The lowest BCUT2D eigenvalue weighted by atomic mass is 10.2. The molecule has 0 bridgehead atoms. The molecule has 1 heterocycles. The highest BCUT2D eigenvalue weighted by atomic mass is 32.1. The number of anilines is 1. The van der Waals surface area contributed by atoms with E-state index in [4.69, 9.17) is 5.73 Å². The lowest BCUT2D eigenvalue weighted by Gasteiger charge is -2.03. The van der Waals surface area contributed by atoms with Crippen molar-refractivity contribution in [1.82, 2.24) is 4.98 Å². The fraction of sp³-hybridized carbons (Fsp3) is 0. The number of thiazole rings is 1. The van der Waals surface area contributed by atoms with Crippen LogP contribution in [0.3, 0.4) is 0 Å². The fourth-order valence-corrected chi connectivity index (χ4v) is 1.77. The molecule has 0 saturated heterocycles. The van der Waals surface area contributed by atoms with Crippen LogP contribution in [-0.4, -0.2) is 10.1 Å². The maximum Gasteiger partial charge on any atom is 0.139 e. The molecule has 0 amide bonds. The topological polar surface area (TPSA) is 59.1 Å². The van der Waals surface area contributed by atoms with Gasteiger partial charge in [-0.3, -0.25) is 0 Å². The molecule has 0 unspecified atom stereocenters. The van der Waals surface area contributed by atoms with E-state index in [2.05, 4.69) is 4.98 Å². The second-order valence-corrected chi connectivity index (χ2v) is 3.47. The standard InChI is InChI=1S/C9H8N2OS/c10-8-6(2-1-3-7(8)12)9-11-4-5-13-9/h1-5,12H,10H2. The van der Waals surface area contributed by atoms with Crippen molar-refractivity contribution < 1.29 is 5.11 Å². The quantitative estimate of drug-likeness (QED) is 0.537. The Kier molecular flexibility index (Phi) is 1.90. The number of hydrogen-bond acceptors (Lipinski definition) is 4. The van der Waals surface area contributed by atoms with Crippen LogP contribution in [-0.2, 0) is 0 Å². The van der Waals surface area contributed by atoms with Crippen molar-refractivity contribution in [2.45, 2.75) is 0 Å². The van der Waals surface area contributed by atoms with Gasteiger partial charge in [0.25, 0.3) is 0 Å². The lowest BCUT2D eigenvalue weighted by molar-refractivity contribution is 0.478. The Labute approximate surface area is 79.5 Å². The summed E-state index contributed by atoms with van der Waals surface area (Å²) in [6, 6.07) is 5.16. The van der Waals surface area contributed by atoms with E-state index in [0.29, 0.717) is 5.69 Å². The minimum absolute atomic E-state index is 0.104. The summed E-state index contributed by atoms with van der Waals surface area (Å²) in [5.41, 5.74) is 6.86. The second-order valence-electron chi connectivity index (χ2n) is 2.58. The molecule has 13 heavy (non-hydrogen) atoms. The molecule has 3 nitrogen and oxygen atoms in total. The highest BCUT2D eigenvalue weighted by Crippen LogP contribution is 2.32. The first-order valence-electron chi connectivity index (χ1n) is 3.76. The van der Waals surface area contributed by atoms with Gasteiger partial charge in [0.15, 0.2) is 0 Å². The maximum atomic E-state index is 9.35. The van der Waals surface area contributed by atoms with Gasteiger partial charge in [0.2, 0.25) is 0 Å². The predicted octanol–water partition coefficient (Wildman–Crippen LogP) is 2.10. The molecule has 4 heteroatoms. The number of phenols is 1. The Bertz CT molecular complexity index is 412. The number of nitrogens with two attached hydrogens (primary N) is 1. The van der Waals surface area contributed by atoms with Gasteiger partial charge in [0.1, 0.15) is 10.8 Å². The van der Waals surface area contributed by atoms with Gasteiger partial charge >= 0.3 is 0 Å². The molecule has 0 aliphatic rings. The zero-order chi connectivity index (χ0) is 9.26. The summed E-state index contributed by atoms with van der Waals surface area (Å²) in [5.74, 6) is 0.104. The van der Waals surface area contributed by atoms with Gasteiger partial charge in [0.05, 0.1) is 5.69 Å². The lowest BCUT2D eigenvalue weighted by Crippen LogP contribution is -1.89. The Morgan fingerprint density at radius 2 is 2.23 bits per heavy atom. The van der Waals surface area contributed by atoms with Crippen LogP contribution in [0.1, 0.15) is 0 Å². The molecule has 2 rings (SSSR count). The average Bonchev–Trinajstić information content (AvgIpc) is 2.62. The number of aromatic nitrogens is 1. The number of para-hydroxylation sites is 1. The molecule has 0 fully saturated rings. The van der Waals surface area contributed by atoms with Gasteiger partial charge in [-0.2, -0.15) is 0 Å². The van der Waals surface area contributed by atoms with Crippen molar-refractivity contribution in [3.8, 4) is 16.3 Å². The summed E-state index contributed by atoms with van der Waals surface area (Å²) >= 11 is 1.50. The molecule has 0 saturated carbocycles. The van der Waals surface area contributed by atoms with Crippen LogP contribution in [0.4, 0.5) is 5.69 Å². The number of rotatable bonds is 1. The minimum atomic E-state index is 0.104. The summed E-state index contributed by atoms with van der Waals surface area (Å²) in [4.78, 5) is 4.12. The predicted molar refractivity (Wildman–Crippen MR) is 53.6 cm³/mol. The average molecular weight is 192 g/mol. The van der Waals surface area contributed by atoms with Crippen molar-refractivity contribution >= 4 is 17.0 Å². The van der Waals surface area contributed by atoms with Crippen LogP contribution in [0.2, 0.25) is 0 Å². The third-order valence-electron chi connectivity index (χ3n) is 1.75. The number of benzene rings is 1. The van der Waals surface area contributed by atoms with Crippen LogP contribution in [0.15, 0.2) is 29.8 Å². The number of hydrogen-bond donors (Lipinski definition) is 2. The minimum Gasteiger partial charge on any atom is -0.506 e. The third kappa shape index (κ3) is 1.36. The highest BCUT2D eigenvalue weighted by Gasteiger charge is 2.07. The van der Waals surface area contributed by atoms with E-state index in [-0.39, 0.29) is 5.75 Å². The molecule has 0 radical (unpaired) electrons. The van der Waals surface area contributed by atoms with Crippen LogP contribution >= 0.6 is 11.3 Å². The van der Waals surface area contributed by atoms with Gasteiger partial charge in [-0.25, -0.2) is 4.98 Å². The largest absolute Gasteiger partial charge is 0.506 e. The van der Waals surface area contributed by atoms with Crippen molar-refractivity contribution in [2.75, 3.05) is 5.73 Å². The Morgan fingerprint density at radius 1 is 1.38 bits per heavy atom. The van der Waals surface area contributed by atoms with Crippen molar-refractivity contribution in [3.63, 3.8) is 0 Å². The summed E-state index contributed by atoms with van der Waals surface area (Å²) in [5, 5.41) is 12.1. The SMILES string of the molecule is Nc1c(O)cccc1-c1nccs1. The summed E-state index contributed by atoms with van der Waals surface area (Å²) in [6.07, 6.45) is 1.71. The van der Waals surface area contributed by atoms with Gasteiger partial charge < -0.3 is 10.8 Å². The van der Waals surface area contributed by atoms with E-state index < -0.39 is 0 Å². The van der Waals surface area contributed by atoms with E-state index in [1.165, 1.54) is 11.3 Å². The highest BCUT2D eigenvalue weighted by molar-refractivity contribution is 7.13. The van der Waals surface area contributed by atoms with E-state index in [0.717, 1.165) is 10.6 Å². The normalized spacial score (nSPS) is 10.2. The maximum absolute atomic E-state index is 9.35. The zero-order valence-electron chi connectivity index (χ0n) is 6.77. The Morgan fingerprint density at radius 3 is 2.92 bits per heavy atom. The van der Waals surface area contributed by atoms with Gasteiger partial charge in [0, 0.05) is 17.1 Å². The zero-order valence-corrected chi connectivity index (χ0v) is 7.58. The Balaban J connectivity index is 2.59. The number of phenolic OH excluding ortho intramolecular Hbond substituents is 1. The number of nitrogens with zero attached hydrogens (tertiary/aromatic N) is 1. The summed E-state index contributed by atoms with van der Waals surface area (Å²) in [6.45, 7) is 0. The van der Waals surface area contributed by atoms with Crippen molar-refractivity contribution in [1.29, 1.82) is 0 Å². The summed E-state index contributed by atoms with van der Waals surface area (Å²) in [7, 11) is 0. The molecule has 66 valence electrons. The molecule has 0 aliphatic carbocycles. The first-order chi connectivity index (χ1) is 6.29. The molecular formula is C9H8N2OS. The molecule has 2 aromatic rings. The van der Waals surface area contributed by atoms with E-state index in [1.807, 2.05) is 11.4 Å². The van der Waals surface area contributed by atoms with Crippen molar-refractivity contribution in [3.05, 3.63) is 29.8 Å². The first kappa shape index (κ1) is 8.07. The van der Waals surface area contributed by atoms with E-state index in [1.54, 1.807) is 18.3 Å². The number of aromatic hydroxyl groups is 1. The van der Waals surface area contributed by atoms with Crippen LogP contribution in [0, 0.1) is 0 Å². The molecule has 1 aromatic heterocycles. The molecule has 3 N–H and O–H groups in total. The molecule has 0 spiro atoms. The second kappa shape index (κ2) is 3.06. The molecule has 1 aromatic carbocycles. The molecule has 0 atom stereocenters. The van der Waals surface area contributed by atoms with Crippen molar-refractivity contribution in [2.24, 2.45) is 0 Å². The van der Waals surface area contributed by atoms with Gasteiger partial charge in [-0.05, 0) is 12.1 Å². The van der Waals surface area contributed by atoms with Crippen LogP contribution in [0.25, 0.3) is 10.6 Å². The van der Waals surface area contributed by atoms with E-state index >= 15 is 0 Å². The Hall–Kier alpha value is -1.55. The number of nitrogen functional groups attached to an aromatic ring is 1. The van der Waals surface area contributed by atoms with Crippen LogP contribution in [0.5, 0.6) is 5.75 Å². The first-order valence-corrected chi connectivity index (χ1v) is 4.64. The monoisotopic (exact) mass is 192 g/mol.